The fourth-order valence-electron chi connectivity index (χ4n) is 16.6. The number of carbonyl (C=O) groups is 4. The van der Waals surface area contributed by atoms with Gasteiger partial charge in [0.15, 0.2) is 17.3 Å². The van der Waals surface area contributed by atoms with Crippen molar-refractivity contribution in [3.8, 4) is 90.3 Å². The van der Waals surface area contributed by atoms with E-state index in [1.807, 2.05) is 206 Å². The standard InChI is InChI=1S/C27H24N6O3.C26H23N7O3.2C25H22N8O3/c34-27(31-25-17-24(32-36-25)18-4-2-1-3-5-18)29-20-8-6-19(7-9-20)23-16-21-22(30-23)10-11-28-26(21)33-12-14-35-15-13-33;34-26(31-23-15-22(32-36-23)17-4-2-1-3-5-17)29-19-8-6-18(7-9-19)21-14-20-24(30-21)27-16-28-25(20)33-10-12-35-13-11-33;34-25(30-21-15-20(32-36-21)16-5-8-26-9-6-16)28-18-3-1-17(2-4-18)23-29-19-7-10-27-24(22(19)31-23)33-11-13-35-14-12-33;34-25(29-20-14-19(32-36-20)16-4-2-1-3-5-16)28-18-8-6-17(7-9-18)22-30-21-23(31-22)26-15-27-24(21)33-10-12-35-13-11-33/h1-11,16-17,30H,12-15H2,(H2,29,31,34);1-9,14-16H,10-13H2,(H,27,28,30)(H2,29,31,34);1-10,15H,11-14H2,(H,29,31)(H2,28,30,34);1-9,14-15H,10-13H2,(H2,28,29,34)(H,26,27,30,31). The quantitative estimate of drug-likeness (QED) is 0.0337. The van der Waals surface area contributed by atoms with Crippen LogP contribution in [0.1, 0.15) is 0 Å². The number of H-pyrrole nitrogens is 4. The molecule has 0 bridgehead atoms. The number of hydrogen-bond acceptors (Lipinski definition) is 29. The number of morpholine rings is 4. The van der Waals surface area contributed by atoms with Crippen LogP contribution in [-0.2, 0) is 18.9 Å². The van der Waals surface area contributed by atoms with Crippen molar-refractivity contribution in [3.63, 3.8) is 0 Å². The van der Waals surface area contributed by atoms with E-state index < -0.39 is 24.1 Å². The molecule has 41 heteroatoms. The molecule has 8 amide bonds. The Labute approximate surface area is 819 Å². The molecule has 0 aliphatic carbocycles. The van der Waals surface area contributed by atoms with Crippen LogP contribution in [-0.4, -0.2) is 215 Å². The number of rotatable bonds is 20. The van der Waals surface area contributed by atoms with E-state index in [4.69, 9.17) is 42.0 Å². The number of aromatic nitrogens is 17. The van der Waals surface area contributed by atoms with Crippen LogP contribution in [0, 0.1) is 0 Å². The summed E-state index contributed by atoms with van der Waals surface area (Å²) in [5.41, 5.74) is 19.2. The lowest BCUT2D eigenvalue weighted by molar-refractivity contribution is 0.122. The summed E-state index contributed by atoms with van der Waals surface area (Å²) in [4.78, 5) is 112. The number of nitrogens with zero attached hydrogens (tertiary/aromatic N) is 17. The number of nitrogens with one attached hydrogen (secondary N) is 12. The molecule has 13 aromatic heterocycles. The number of imidazole rings is 2. The van der Waals surface area contributed by atoms with Crippen LogP contribution in [0.4, 0.5) is 88.7 Å². The Morgan fingerprint density at radius 1 is 0.285 bits per heavy atom. The predicted octanol–water partition coefficient (Wildman–Crippen LogP) is 18.4. The van der Waals surface area contributed by atoms with Crippen molar-refractivity contribution in [2.75, 3.05) is 167 Å². The molecule has 41 nitrogen and oxygen atoms in total. The van der Waals surface area contributed by atoms with Gasteiger partial charge in [0.2, 0.25) is 23.5 Å². The topological polar surface area (TPSA) is 498 Å². The summed E-state index contributed by atoms with van der Waals surface area (Å²) in [6, 6.07) is 75.4. The van der Waals surface area contributed by atoms with Gasteiger partial charge in [0.1, 0.15) is 75.4 Å². The largest absolute Gasteiger partial charge is 0.378 e. The highest BCUT2D eigenvalue weighted by Crippen LogP contribution is 2.37. The van der Waals surface area contributed by atoms with Gasteiger partial charge in [-0.05, 0) is 120 Å². The van der Waals surface area contributed by atoms with Crippen molar-refractivity contribution in [3.05, 3.63) is 286 Å². The number of fused-ring (bicyclic) bond motifs is 4. The fraction of sp³-hybridized carbons (Fsp3) is 0.155. The van der Waals surface area contributed by atoms with E-state index in [1.165, 1.54) is 6.33 Å². The van der Waals surface area contributed by atoms with Gasteiger partial charge in [-0.2, -0.15) is 0 Å². The van der Waals surface area contributed by atoms with Gasteiger partial charge in [-0.3, -0.25) is 26.3 Å². The maximum absolute atomic E-state index is 12.5. The second kappa shape index (κ2) is 43.0. The van der Waals surface area contributed by atoms with Crippen LogP contribution >= 0.6 is 0 Å². The third kappa shape index (κ3) is 22.0. The fourth-order valence-corrected chi connectivity index (χ4v) is 16.6. The maximum atomic E-state index is 12.5. The van der Waals surface area contributed by atoms with E-state index in [1.54, 1.807) is 61.3 Å². The molecule has 4 aliphatic rings. The van der Waals surface area contributed by atoms with Crippen LogP contribution in [0.2, 0.25) is 0 Å². The number of hydrogen-bond donors (Lipinski definition) is 12. The van der Waals surface area contributed by atoms with Crippen LogP contribution in [0.25, 0.3) is 134 Å². The summed E-state index contributed by atoms with van der Waals surface area (Å²) < 4.78 is 42.8. The lowest BCUT2D eigenvalue weighted by Crippen LogP contribution is -2.36. The normalized spacial score (nSPS) is 13.6. The average Bonchev–Trinajstić information content (AvgIpc) is 1.65. The van der Waals surface area contributed by atoms with Gasteiger partial charge in [-0.1, -0.05) is 136 Å². The molecule has 0 saturated carbocycles. The minimum Gasteiger partial charge on any atom is -0.378 e. The first-order valence-corrected chi connectivity index (χ1v) is 46.3. The molecular formula is C103H91N29O12. The summed E-state index contributed by atoms with van der Waals surface area (Å²) >= 11 is 0. The van der Waals surface area contributed by atoms with E-state index in [0.717, 1.165) is 176 Å². The molecule has 20 aromatic rings. The molecule has 24 rings (SSSR count). The number of carbonyl (C=O) groups excluding carboxylic acids is 4. The second-order valence-corrected chi connectivity index (χ2v) is 33.2. The molecule has 0 radical (unpaired) electrons. The Bertz CT molecular complexity index is 6880. The van der Waals surface area contributed by atoms with Crippen molar-refractivity contribution < 1.29 is 56.2 Å². The Kier molecular flexibility index (Phi) is 27.4. The monoisotopic (exact) mass is 1930 g/mol. The average molecular weight is 1930 g/mol. The number of anilines is 12. The zero-order valence-electron chi connectivity index (χ0n) is 77.0. The maximum Gasteiger partial charge on any atom is 0.326 e. The number of benzene rings is 7. The number of amides is 8. The van der Waals surface area contributed by atoms with Gasteiger partial charge in [-0.15, -0.1) is 0 Å². The van der Waals surface area contributed by atoms with Gasteiger partial charge < -0.3 is 97.8 Å². The predicted molar refractivity (Wildman–Crippen MR) is 546 cm³/mol. The van der Waals surface area contributed by atoms with Crippen LogP contribution in [0.5, 0.6) is 0 Å². The number of ether oxygens (including phenoxy) is 4. The molecule has 17 heterocycles. The first-order chi connectivity index (χ1) is 70.9. The zero-order valence-corrected chi connectivity index (χ0v) is 77.0. The third-order valence-electron chi connectivity index (χ3n) is 23.7. The minimum absolute atomic E-state index is 0.239. The van der Waals surface area contributed by atoms with Crippen LogP contribution in [0.3, 0.4) is 0 Å². The molecule has 4 aliphatic heterocycles. The van der Waals surface area contributed by atoms with Gasteiger partial charge in [-0.25, -0.2) is 59.0 Å². The summed E-state index contributed by atoms with van der Waals surface area (Å²) in [6.07, 6.45) is 10.1. The van der Waals surface area contributed by atoms with Crippen molar-refractivity contribution in [1.29, 1.82) is 0 Å². The number of pyridine rings is 3. The first-order valence-electron chi connectivity index (χ1n) is 46.3. The highest BCUT2D eigenvalue weighted by molar-refractivity contribution is 6.03. The molecule has 720 valence electrons. The van der Waals surface area contributed by atoms with Gasteiger partial charge in [0, 0.05) is 174 Å². The number of aromatic amines is 4. The summed E-state index contributed by atoms with van der Waals surface area (Å²) in [5.74, 6) is 5.97. The van der Waals surface area contributed by atoms with Crippen LogP contribution in [0.15, 0.2) is 304 Å². The number of urea groups is 4. The van der Waals surface area contributed by atoms with Gasteiger partial charge >= 0.3 is 24.1 Å². The zero-order chi connectivity index (χ0) is 97.3. The molecule has 7 aromatic carbocycles. The van der Waals surface area contributed by atoms with E-state index in [2.05, 4.69) is 155 Å². The van der Waals surface area contributed by atoms with Gasteiger partial charge in [0.25, 0.3) is 0 Å². The molecular weight excluding hydrogens is 1840 g/mol. The van der Waals surface area contributed by atoms with Crippen molar-refractivity contribution in [1.82, 2.24) is 85.4 Å². The van der Waals surface area contributed by atoms with Gasteiger partial charge in [0.05, 0.1) is 69.3 Å². The minimum atomic E-state index is -0.440. The summed E-state index contributed by atoms with van der Waals surface area (Å²) in [6.45, 7) is 11.9. The van der Waals surface area contributed by atoms with Crippen LogP contribution < -0.4 is 62.1 Å². The van der Waals surface area contributed by atoms with E-state index >= 15 is 0 Å². The van der Waals surface area contributed by atoms with E-state index in [-0.39, 0.29) is 23.5 Å². The van der Waals surface area contributed by atoms with Crippen molar-refractivity contribution in [2.24, 2.45) is 0 Å². The third-order valence-corrected chi connectivity index (χ3v) is 23.7. The molecule has 144 heavy (non-hydrogen) atoms. The Morgan fingerprint density at radius 3 is 1.08 bits per heavy atom. The summed E-state index contributed by atoms with van der Waals surface area (Å²) in [7, 11) is 0. The summed E-state index contributed by atoms with van der Waals surface area (Å²) in [5, 5.41) is 39.9. The molecule has 0 unspecified atom stereocenters. The smallest absolute Gasteiger partial charge is 0.326 e. The van der Waals surface area contributed by atoms with Crippen molar-refractivity contribution in [2.45, 2.75) is 0 Å². The Hall–Kier alpha value is -18.9. The lowest BCUT2D eigenvalue weighted by Gasteiger charge is -2.28. The second-order valence-electron chi connectivity index (χ2n) is 33.2. The molecule has 4 saturated heterocycles. The van der Waals surface area contributed by atoms with Crippen molar-refractivity contribution >= 4 is 138 Å². The Morgan fingerprint density at radius 2 is 0.639 bits per heavy atom. The molecule has 12 N–H and O–H groups in total. The van der Waals surface area contributed by atoms with E-state index in [0.29, 0.717) is 110 Å². The molecule has 0 spiro atoms. The first kappa shape index (κ1) is 91.5. The molecule has 4 fully saturated rings. The highest BCUT2D eigenvalue weighted by atomic mass is 16.5. The lowest BCUT2D eigenvalue weighted by atomic mass is 10.1. The Balaban J connectivity index is 0.000000113. The van der Waals surface area contributed by atoms with E-state index in [9.17, 15) is 19.2 Å². The highest BCUT2D eigenvalue weighted by Gasteiger charge is 2.26. The molecule has 0 atom stereocenters. The SMILES string of the molecule is O=C(Nc1ccc(-c2cc3c(N4CCOCC4)nccc3[nH]2)cc1)Nc1cc(-c2ccccc2)no1.O=C(Nc1ccc(-c2cc3c(N4CCOCC4)ncnc3[nH]2)cc1)Nc1cc(-c2ccccc2)no1.O=C(Nc1ccc(-c2nc3c(N4CCOCC4)nccc3[nH]2)cc1)Nc1cc(-c2ccncc2)no1.O=C(Nc1ccc(-c2nc3ncnc(N4CCOCC4)c3[nH]2)cc1)Nc1cc(-c2ccccc2)no1.